The first-order valence-electron chi connectivity index (χ1n) is 6.60. The van der Waals surface area contributed by atoms with Gasteiger partial charge in [0.2, 0.25) is 6.10 Å². The molecule has 4 nitrogen and oxygen atoms in total. The Bertz CT molecular complexity index is 877. The fourth-order valence-electron chi connectivity index (χ4n) is 2.03. The number of pyridine rings is 1. The van der Waals surface area contributed by atoms with E-state index < -0.39 is 12.3 Å². The molecule has 2 aromatic heterocycles. The highest BCUT2D eigenvalue weighted by Crippen LogP contribution is 2.38. The van der Waals surface area contributed by atoms with Crippen LogP contribution in [0.3, 0.4) is 0 Å². The predicted molar refractivity (Wildman–Crippen MR) is 90.9 cm³/mol. The van der Waals surface area contributed by atoms with E-state index in [1.165, 1.54) is 18.3 Å². The molecule has 9 heteroatoms. The second kappa shape index (κ2) is 6.67. The second-order valence-corrected chi connectivity index (χ2v) is 6.38. The Kier molecular flexibility index (Phi) is 4.77. The lowest BCUT2D eigenvalue weighted by atomic mass is 10.1. The van der Waals surface area contributed by atoms with Gasteiger partial charge in [0.1, 0.15) is 0 Å². The first-order chi connectivity index (χ1) is 11.3. The van der Waals surface area contributed by atoms with E-state index in [2.05, 4.69) is 37.5 Å². The molecule has 2 heterocycles. The summed E-state index contributed by atoms with van der Waals surface area (Å²) in [5, 5.41) is -0.234. The Morgan fingerprint density at radius 3 is 2.58 bits per heavy atom. The predicted octanol–water partition coefficient (Wildman–Crippen LogP) is 4.97. The summed E-state index contributed by atoms with van der Waals surface area (Å²) in [6, 6.07) is 7.79. The Balaban J connectivity index is 2.02. The molecule has 1 atom stereocenters. The molecule has 1 aromatic carbocycles. The number of alkyl halides is 3. The van der Waals surface area contributed by atoms with Crippen LogP contribution in [0, 0.1) is 3.57 Å². The molecule has 0 aliphatic heterocycles. The molecule has 0 amide bonds. The van der Waals surface area contributed by atoms with Crippen LogP contribution in [0.25, 0.3) is 11.0 Å². The van der Waals surface area contributed by atoms with Crippen LogP contribution < -0.4 is 4.74 Å². The third-order valence-corrected chi connectivity index (χ3v) is 3.99. The smallest absolute Gasteiger partial charge is 0.429 e. The van der Waals surface area contributed by atoms with Crippen LogP contribution in [0.15, 0.2) is 42.7 Å². The minimum absolute atomic E-state index is 0.148. The second-order valence-electron chi connectivity index (χ2n) is 4.78. The van der Waals surface area contributed by atoms with Gasteiger partial charge >= 0.3 is 6.18 Å². The van der Waals surface area contributed by atoms with Crippen LogP contribution in [0.4, 0.5) is 13.2 Å². The molecule has 0 saturated heterocycles. The summed E-state index contributed by atoms with van der Waals surface area (Å²) in [4.78, 5) is 11.8. The summed E-state index contributed by atoms with van der Waals surface area (Å²) in [7, 11) is 0. The van der Waals surface area contributed by atoms with Gasteiger partial charge in [-0.2, -0.15) is 13.2 Å². The summed E-state index contributed by atoms with van der Waals surface area (Å²) in [6.45, 7) is 0. The lowest BCUT2D eigenvalue weighted by molar-refractivity contribution is -0.198. The fraction of sp³-hybridized carbons (Fsp3) is 0.133. The third-order valence-electron chi connectivity index (χ3n) is 3.07. The van der Waals surface area contributed by atoms with Crippen LogP contribution in [-0.4, -0.2) is 21.1 Å². The zero-order valence-electron chi connectivity index (χ0n) is 11.8. The highest BCUT2D eigenvalue weighted by Gasteiger charge is 2.44. The maximum absolute atomic E-state index is 13.3. The highest BCUT2D eigenvalue weighted by atomic mass is 127. The van der Waals surface area contributed by atoms with E-state index >= 15 is 0 Å². The van der Waals surface area contributed by atoms with Crippen molar-refractivity contribution in [2.45, 2.75) is 12.3 Å². The van der Waals surface area contributed by atoms with E-state index in [0.717, 1.165) is 9.77 Å². The number of benzene rings is 1. The number of aromatic nitrogens is 3. The van der Waals surface area contributed by atoms with Gasteiger partial charge in [0.25, 0.3) is 5.88 Å². The van der Waals surface area contributed by atoms with Crippen LogP contribution in [0.1, 0.15) is 11.7 Å². The number of hydrogen-bond acceptors (Lipinski definition) is 4. The molecule has 124 valence electrons. The standard InChI is InChI=1S/C15H8ClF3IN3O/c16-13-14(23-10-4-3-9(20)6-11(10)22-13)24-12(15(17,18)19)8-2-1-5-21-7-8/h1-7,12H. The third kappa shape index (κ3) is 3.69. The van der Waals surface area contributed by atoms with Crippen molar-refractivity contribution in [3.8, 4) is 5.88 Å². The van der Waals surface area contributed by atoms with Gasteiger partial charge in [0, 0.05) is 21.5 Å². The molecule has 24 heavy (non-hydrogen) atoms. The molecule has 0 aliphatic rings. The van der Waals surface area contributed by atoms with Crippen molar-refractivity contribution < 1.29 is 17.9 Å². The normalized spacial score (nSPS) is 13.0. The van der Waals surface area contributed by atoms with Crippen LogP contribution >= 0.6 is 34.2 Å². The van der Waals surface area contributed by atoms with Crippen molar-refractivity contribution in [1.82, 2.24) is 15.0 Å². The van der Waals surface area contributed by atoms with E-state index in [1.54, 1.807) is 18.2 Å². The fourth-order valence-corrected chi connectivity index (χ4v) is 2.68. The summed E-state index contributed by atoms with van der Waals surface area (Å²) >= 11 is 8.04. The van der Waals surface area contributed by atoms with Gasteiger partial charge in [-0.3, -0.25) is 4.98 Å². The summed E-state index contributed by atoms with van der Waals surface area (Å²) in [5.74, 6) is -0.378. The lowest BCUT2D eigenvalue weighted by Gasteiger charge is -2.21. The summed E-state index contributed by atoms with van der Waals surface area (Å²) < 4.78 is 46.0. The van der Waals surface area contributed by atoms with Gasteiger partial charge in [-0.1, -0.05) is 17.7 Å². The monoisotopic (exact) mass is 465 g/mol. The molecule has 3 rings (SSSR count). The van der Waals surface area contributed by atoms with Crippen LogP contribution in [0.2, 0.25) is 5.15 Å². The maximum atomic E-state index is 13.3. The zero-order chi connectivity index (χ0) is 17.3. The molecular weight excluding hydrogens is 458 g/mol. The molecule has 1 unspecified atom stereocenters. The Morgan fingerprint density at radius 2 is 1.92 bits per heavy atom. The largest absolute Gasteiger partial charge is 0.457 e. The number of rotatable bonds is 3. The highest BCUT2D eigenvalue weighted by molar-refractivity contribution is 14.1. The maximum Gasteiger partial charge on any atom is 0.429 e. The van der Waals surface area contributed by atoms with Crippen molar-refractivity contribution >= 4 is 45.2 Å². The van der Waals surface area contributed by atoms with Crippen molar-refractivity contribution in [3.05, 3.63) is 57.0 Å². The lowest BCUT2D eigenvalue weighted by Crippen LogP contribution is -2.26. The quantitative estimate of drug-likeness (QED) is 0.513. The van der Waals surface area contributed by atoms with Gasteiger partial charge in [-0.15, -0.1) is 0 Å². The van der Waals surface area contributed by atoms with Crippen molar-refractivity contribution in [3.63, 3.8) is 0 Å². The van der Waals surface area contributed by atoms with Crippen LogP contribution in [0.5, 0.6) is 5.88 Å². The van der Waals surface area contributed by atoms with Gasteiger partial charge < -0.3 is 4.74 Å². The van der Waals surface area contributed by atoms with E-state index in [1.807, 2.05) is 0 Å². The molecule has 0 bridgehead atoms. The van der Waals surface area contributed by atoms with Gasteiger partial charge in [0.05, 0.1) is 11.0 Å². The Morgan fingerprint density at radius 1 is 1.12 bits per heavy atom. The molecule has 0 fully saturated rings. The van der Waals surface area contributed by atoms with E-state index in [-0.39, 0.29) is 16.6 Å². The number of fused-ring (bicyclic) bond motifs is 1. The Labute approximate surface area is 153 Å². The van der Waals surface area contributed by atoms with Crippen LogP contribution in [-0.2, 0) is 0 Å². The van der Waals surface area contributed by atoms with Gasteiger partial charge in [0.15, 0.2) is 5.15 Å². The van der Waals surface area contributed by atoms with Gasteiger partial charge in [-0.05, 0) is 46.9 Å². The zero-order valence-corrected chi connectivity index (χ0v) is 14.7. The minimum atomic E-state index is -4.66. The molecule has 0 aliphatic carbocycles. The first kappa shape index (κ1) is 17.2. The average Bonchev–Trinajstić information content (AvgIpc) is 2.52. The Hall–Kier alpha value is -1.68. The molecule has 0 spiro atoms. The van der Waals surface area contributed by atoms with Crippen molar-refractivity contribution in [1.29, 1.82) is 0 Å². The van der Waals surface area contributed by atoms with Crippen molar-refractivity contribution in [2.75, 3.05) is 0 Å². The molecular formula is C15H8ClF3IN3O. The number of ether oxygens (including phenoxy) is 1. The SMILES string of the molecule is FC(F)(F)C(Oc1nc2ccc(I)cc2nc1Cl)c1cccnc1. The molecule has 0 saturated carbocycles. The van der Waals surface area contributed by atoms with E-state index in [0.29, 0.717) is 11.0 Å². The van der Waals surface area contributed by atoms with E-state index in [4.69, 9.17) is 16.3 Å². The molecule has 0 radical (unpaired) electrons. The summed E-state index contributed by atoms with van der Waals surface area (Å²) in [6.07, 6.45) is -4.43. The van der Waals surface area contributed by atoms with Gasteiger partial charge in [-0.25, -0.2) is 9.97 Å². The molecule has 3 aromatic rings. The number of hydrogen-bond donors (Lipinski definition) is 0. The summed E-state index contributed by atoms with van der Waals surface area (Å²) in [5.41, 5.74) is 0.719. The average molecular weight is 466 g/mol. The minimum Gasteiger partial charge on any atom is -0.457 e. The topological polar surface area (TPSA) is 47.9 Å². The van der Waals surface area contributed by atoms with Crippen molar-refractivity contribution in [2.24, 2.45) is 0 Å². The number of halogens is 5. The number of nitrogens with zero attached hydrogens (tertiary/aromatic N) is 3. The molecule has 0 N–H and O–H groups in total. The first-order valence-corrected chi connectivity index (χ1v) is 8.06. The van der Waals surface area contributed by atoms with E-state index in [9.17, 15) is 13.2 Å².